The molecule has 1 aliphatic carbocycles. The maximum atomic E-state index is 10.8. The molecule has 1 aromatic heterocycles. The molecular formula is C11H16N2O2. The minimum absolute atomic E-state index is 0.223. The number of anilines is 1. The number of hydrogen-bond donors (Lipinski definition) is 2. The summed E-state index contributed by atoms with van der Waals surface area (Å²) in [4.78, 5) is 10.8. The van der Waals surface area contributed by atoms with Crippen molar-refractivity contribution < 1.29 is 9.90 Å². The Bertz CT molecular complexity index is 365. The number of carbonyl (C=O) groups is 1. The van der Waals surface area contributed by atoms with Crippen LogP contribution in [-0.2, 0) is 0 Å². The summed E-state index contributed by atoms with van der Waals surface area (Å²) in [6.07, 6.45) is 7.73. The Morgan fingerprint density at radius 3 is 2.60 bits per heavy atom. The summed E-state index contributed by atoms with van der Waals surface area (Å²) in [5.41, 5.74) is 6.04. The average molecular weight is 208 g/mol. The summed E-state index contributed by atoms with van der Waals surface area (Å²) in [7, 11) is 0. The first-order valence-corrected chi connectivity index (χ1v) is 5.39. The molecule has 15 heavy (non-hydrogen) atoms. The number of aromatic carboxylic acids is 1. The van der Waals surface area contributed by atoms with Crippen molar-refractivity contribution in [2.24, 2.45) is 0 Å². The smallest absolute Gasteiger partial charge is 0.339 e. The van der Waals surface area contributed by atoms with E-state index in [1.165, 1.54) is 19.3 Å². The molecule has 4 heteroatoms. The molecule has 1 fully saturated rings. The second-order valence-corrected chi connectivity index (χ2v) is 4.12. The van der Waals surface area contributed by atoms with Crippen molar-refractivity contribution in [2.75, 3.05) is 5.73 Å². The van der Waals surface area contributed by atoms with Gasteiger partial charge in [0.15, 0.2) is 0 Å². The molecule has 1 aliphatic rings. The van der Waals surface area contributed by atoms with Crippen LogP contribution in [0.25, 0.3) is 0 Å². The van der Waals surface area contributed by atoms with E-state index in [2.05, 4.69) is 0 Å². The summed E-state index contributed by atoms with van der Waals surface area (Å²) in [5, 5.41) is 8.88. The van der Waals surface area contributed by atoms with Crippen molar-refractivity contribution in [3.63, 3.8) is 0 Å². The van der Waals surface area contributed by atoms with E-state index in [1.807, 2.05) is 4.57 Å². The number of carboxylic acid groups (broad SMARTS) is 1. The third kappa shape index (κ3) is 1.84. The normalized spacial score (nSPS) is 17.9. The molecule has 0 spiro atoms. The Morgan fingerprint density at radius 1 is 1.40 bits per heavy atom. The number of carboxylic acids is 1. The fraction of sp³-hybridized carbons (Fsp3) is 0.545. The van der Waals surface area contributed by atoms with Gasteiger partial charge >= 0.3 is 5.97 Å². The molecule has 0 amide bonds. The standard InChI is InChI=1S/C11H16N2O2/c12-10-9(11(14)15)6-7-13(10)8-4-2-1-3-5-8/h6-8H,1-5,12H2,(H,14,15). The minimum atomic E-state index is -0.943. The van der Waals surface area contributed by atoms with Gasteiger partial charge in [-0.2, -0.15) is 0 Å². The number of rotatable bonds is 2. The number of nitrogens with two attached hydrogens (primary N) is 1. The highest BCUT2D eigenvalue weighted by atomic mass is 16.4. The van der Waals surface area contributed by atoms with E-state index in [-0.39, 0.29) is 5.56 Å². The van der Waals surface area contributed by atoms with E-state index in [0.29, 0.717) is 11.9 Å². The lowest BCUT2D eigenvalue weighted by molar-refractivity contribution is 0.0698. The van der Waals surface area contributed by atoms with Gasteiger partial charge in [-0.1, -0.05) is 19.3 Å². The summed E-state index contributed by atoms with van der Waals surface area (Å²) in [6.45, 7) is 0. The third-order valence-corrected chi connectivity index (χ3v) is 3.15. The van der Waals surface area contributed by atoms with Gasteiger partial charge in [0.05, 0.1) is 0 Å². The maximum Gasteiger partial charge on any atom is 0.339 e. The predicted molar refractivity (Wildman–Crippen MR) is 57.9 cm³/mol. The first-order chi connectivity index (χ1) is 7.20. The molecule has 0 unspecified atom stereocenters. The Hall–Kier alpha value is -1.45. The van der Waals surface area contributed by atoms with Crippen LogP contribution in [-0.4, -0.2) is 15.6 Å². The van der Waals surface area contributed by atoms with Gasteiger partial charge in [0, 0.05) is 12.2 Å². The lowest BCUT2D eigenvalue weighted by Crippen LogP contribution is -2.15. The Balaban J connectivity index is 2.24. The van der Waals surface area contributed by atoms with Gasteiger partial charge < -0.3 is 15.4 Å². The van der Waals surface area contributed by atoms with Crippen LogP contribution in [0.5, 0.6) is 0 Å². The highest BCUT2D eigenvalue weighted by Crippen LogP contribution is 2.31. The van der Waals surface area contributed by atoms with E-state index in [4.69, 9.17) is 10.8 Å². The molecule has 1 aromatic rings. The Labute approximate surface area is 88.7 Å². The van der Waals surface area contributed by atoms with E-state index in [0.717, 1.165) is 12.8 Å². The quantitative estimate of drug-likeness (QED) is 0.783. The summed E-state index contributed by atoms with van der Waals surface area (Å²) < 4.78 is 1.92. The van der Waals surface area contributed by atoms with Crippen LogP contribution in [0.2, 0.25) is 0 Å². The van der Waals surface area contributed by atoms with Crippen molar-refractivity contribution in [1.29, 1.82) is 0 Å². The topological polar surface area (TPSA) is 68.2 Å². The van der Waals surface area contributed by atoms with Crippen LogP contribution >= 0.6 is 0 Å². The molecule has 0 saturated heterocycles. The van der Waals surface area contributed by atoms with Gasteiger partial charge in [-0.05, 0) is 18.9 Å². The predicted octanol–water partition coefficient (Wildman–Crippen LogP) is 2.27. The first kappa shape index (κ1) is 10.1. The van der Waals surface area contributed by atoms with Gasteiger partial charge in [0.25, 0.3) is 0 Å². The number of hydrogen-bond acceptors (Lipinski definition) is 2. The van der Waals surface area contributed by atoms with Crippen LogP contribution in [0.1, 0.15) is 48.5 Å². The van der Waals surface area contributed by atoms with Crippen LogP contribution in [0, 0.1) is 0 Å². The molecular weight excluding hydrogens is 192 g/mol. The van der Waals surface area contributed by atoms with Crippen molar-refractivity contribution in [3.8, 4) is 0 Å². The van der Waals surface area contributed by atoms with Crippen LogP contribution in [0.4, 0.5) is 5.82 Å². The van der Waals surface area contributed by atoms with E-state index >= 15 is 0 Å². The van der Waals surface area contributed by atoms with Gasteiger partial charge in [0.2, 0.25) is 0 Å². The molecule has 0 radical (unpaired) electrons. The SMILES string of the molecule is Nc1c(C(=O)O)ccn1C1CCCCC1. The van der Waals surface area contributed by atoms with Crippen LogP contribution in [0.15, 0.2) is 12.3 Å². The fourth-order valence-corrected chi connectivity index (χ4v) is 2.32. The molecule has 82 valence electrons. The zero-order chi connectivity index (χ0) is 10.8. The number of nitrogen functional groups attached to an aromatic ring is 1. The second kappa shape index (κ2) is 3.96. The highest BCUT2D eigenvalue weighted by molar-refractivity contribution is 5.92. The molecule has 0 aliphatic heterocycles. The summed E-state index contributed by atoms with van der Waals surface area (Å²) in [5.74, 6) is -0.545. The molecule has 0 atom stereocenters. The fourth-order valence-electron chi connectivity index (χ4n) is 2.32. The van der Waals surface area contributed by atoms with E-state index in [9.17, 15) is 4.79 Å². The van der Waals surface area contributed by atoms with Crippen molar-refractivity contribution in [1.82, 2.24) is 4.57 Å². The van der Waals surface area contributed by atoms with Gasteiger partial charge in [-0.3, -0.25) is 0 Å². The van der Waals surface area contributed by atoms with Gasteiger partial charge in [-0.15, -0.1) is 0 Å². The van der Waals surface area contributed by atoms with Crippen molar-refractivity contribution >= 4 is 11.8 Å². The molecule has 3 N–H and O–H groups in total. The average Bonchev–Trinajstić information content (AvgIpc) is 2.61. The molecule has 2 rings (SSSR count). The minimum Gasteiger partial charge on any atom is -0.478 e. The van der Waals surface area contributed by atoms with Crippen molar-refractivity contribution in [3.05, 3.63) is 17.8 Å². The number of aromatic nitrogens is 1. The lowest BCUT2D eigenvalue weighted by atomic mass is 9.95. The molecule has 0 bridgehead atoms. The zero-order valence-electron chi connectivity index (χ0n) is 8.65. The lowest BCUT2D eigenvalue weighted by Gasteiger charge is -2.24. The largest absolute Gasteiger partial charge is 0.478 e. The zero-order valence-corrected chi connectivity index (χ0v) is 8.65. The van der Waals surface area contributed by atoms with E-state index < -0.39 is 5.97 Å². The van der Waals surface area contributed by atoms with Gasteiger partial charge in [0.1, 0.15) is 11.4 Å². The Morgan fingerprint density at radius 2 is 2.07 bits per heavy atom. The van der Waals surface area contributed by atoms with Crippen LogP contribution in [0.3, 0.4) is 0 Å². The van der Waals surface area contributed by atoms with Crippen molar-refractivity contribution in [2.45, 2.75) is 38.1 Å². The molecule has 4 nitrogen and oxygen atoms in total. The summed E-state index contributed by atoms with van der Waals surface area (Å²) in [6, 6.07) is 1.98. The van der Waals surface area contributed by atoms with Crippen LogP contribution < -0.4 is 5.73 Å². The highest BCUT2D eigenvalue weighted by Gasteiger charge is 2.20. The molecule has 1 heterocycles. The van der Waals surface area contributed by atoms with Gasteiger partial charge in [-0.25, -0.2) is 4.79 Å². The Kier molecular flexibility index (Phi) is 2.66. The maximum absolute atomic E-state index is 10.8. The summed E-state index contributed by atoms with van der Waals surface area (Å²) >= 11 is 0. The number of nitrogens with zero attached hydrogens (tertiary/aromatic N) is 1. The monoisotopic (exact) mass is 208 g/mol. The third-order valence-electron chi connectivity index (χ3n) is 3.15. The molecule has 1 saturated carbocycles. The van der Waals surface area contributed by atoms with E-state index in [1.54, 1.807) is 12.3 Å². The second-order valence-electron chi connectivity index (χ2n) is 4.12. The molecule has 0 aromatic carbocycles. The first-order valence-electron chi connectivity index (χ1n) is 5.39.